The number of rotatable bonds is 7. The molecule has 0 aliphatic carbocycles. The number of hydrogen-bond acceptors (Lipinski definition) is 5. The molecule has 0 spiro atoms. The lowest BCUT2D eigenvalue weighted by molar-refractivity contribution is 0.368. The number of benzene rings is 1. The van der Waals surface area contributed by atoms with Crippen LogP contribution in [0.2, 0.25) is 0 Å². The smallest absolute Gasteiger partial charge is 0.191 e. The minimum atomic E-state index is 0. The summed E-state index contributed by atoms with van der Waals surface area (Å²) >= 11 is 0. The lowest BCUT2D eigenvalue weighted by atomic mass is 10.1. The molecule has 2 aromatic rings. The number of ether oxygens (including phenoxy) is 3. The molecular weight excluding hydrogens is 473 g/mol. The van der Waals surface area contributed by atoms with Crippen LogP contribution in [0, 0.1) is 13.8 Å². The molecule has 0 unspecified atom stereocenters. The zero-order valence-electron chi connectivity index (χ0n) is 17.5. The molecule has 0 fully saturated rings. The van der Waals surface area contributed by atoms with Crippen molar-refractivity contribution in [2.24, 2.45) is 12.0 Å². The van der Waals surface area contributed by atoms with Gasteiger partial charge in [-0.2, -0.15) is 5.10 Å². The third-order valence-corrected chi connectivity index (χ3v) is 4.56. The Kier molecular flexibility index (Phi) is 9.36. The average Bonchev–Trinajstić information content (AvgIpc) is 2.93. The van der Waals surface area contributed by atoms with Gasteiger partial charge in [0.1, 0.15) is 17.2 Å². The van der Waals surface area contributed by atoms with E-state index in [1.807, 2.05) is 30.8 Å². The summed E-state index contributed by atoms with van der Waals surface area (Å²) in [6, 6.07) is 3.66. The Balaban J connectivity index is 0.00000392. The monoisotopic (exact) mass is 503 g/mol. The molecule has 0 saturated carbocycles. The Morgan fingerprint density at radius 3 is 1.93 bits per heavy atom. The second-order valence-electron chi connectivity index (χ2n) is 6.06. The van der Waals surface area contributed by atoms with Crippen molar-refractivity contribution in [1.29, 1.82) is 0 Å². The highest BCUT2D eigenvalue weighted by Gasteiger charge is 2.14. The van der Waals surface area contributed by atoms with E-state index in [2.05, 4.69) is 27.6 Å². The zero-order chi connectivity index (χ0) is 20.0. The molecule has 0 radical (unpaired) electrons. The van der Waals surface area contributed by atoms with Crippen LogP contribution in [-0.2, 0) is 20.1 Å². The van der Waals surface area contributed by atoms with Crippen LogP contribution in [-0.4, -0.2) is 44.1 Å². The fourth-order valence-corrected chi connectivity index (χ4v) is 2.89. The molecule has 0 bridgehead atoms. The first-order chi connectivity index (χ1) is 12.9. The number of aryl methyl sites for hydroxylation is 2. The standard InChI is InChI=1S/C19H29N5O3.HI/c1-12-15(13(2)24(4)23-12)10-21-19(20-3)22-11-16-17(26-6)8-14(25-5)9-18(16)27-7;/h8-9H,10-11H2,1-7H3,(H2,20,21,22);1H. The van der Waals surface area contributed by atoms with Crippen LogP contribution in [0.4, 0.5) is 0 Å². The Morgan fingerprint density at radius 2 is 1.54 bits per heavy atom. The molecule has 2 rings (SSSR count). The van der Waals surface area contributed by atoms with Crippen LogP contribution < -0.4 is 24.8 Å². The summed E-state index contributed by atoms with van der Waals surface area (Å²) in [6.45, 7) is 5.19. The van der Waals surface area contributed by atoms with Crippen molar-refractivity contribution in [3.63, 3.8) is 0 Å². The van der Waals surface area contributed by atoms with Gasteiger partial charge in [-0.25, -0.2) is 0 Å². The van der Waals surface area contributed by atoms with Gasteiger partial charge in [0.05, 0.1) is 39.1 Å². The normalized spacial score (nSPS) is 10.9. The number of halogens is 1. The number of nitrogens with one attached hydrogen (secondary N) is 2. The second-order valence-corrected chi connectivity index (χ2v) is 6.06. The van der Waals surface area contributed by atoms with Gasteiger partial charge in [-0.15, -0.1) is 24.0 Å². The highest BCUT2D eigenvalue weighted by Crippen LogP contribution is 2.33. The van der Waals surface area contributed by atoms with Gasteiger partial charge in [0.2, 0.25) is 0 Å². The molecule has 1 heterocycles. The summed E-state index contributed by atoms with van der Waals surface area (Å²) in [5.41, 5.74) is 4.20. The van der Waals surface area contributed by atoms with E-state index in [9.17, 15) is 0 Å². The van der Waals surface area contributed by atoms with Crippen LogP contribution in [0.3, 0.4) is 0 Å². The van der Waals surface area contributed by atoms with E-state index in [1.165, 1.54) is 5.56 Å². The Hall–Kier alpha value is -2.17. The van der Waals surface area contributed by atoms with Crippen molar-refractivity contribution in [3.8, 4) is 17.2 Å². The molecule has 156 valence electrons. The summed E-state index contributed by atoms with van der Waals surface area (Å²) in [5, 5.41) is 11.1. The molecule has 0 saturated heterocycles. The van der Waals surface area contributed by atoms with Crippen molar-refractivity contribution in [1.82, 2.24) is 20.4 Å². The topological polar surface area (TPSA) is 81.9 Å². The Bertz CT molecular complexity index is 795. The maximum Gasteiger partial charge on any atom is 0.191 e. The minimum Gasteiger partial charge on any atom is -0.496 e. The molecule has 2 N–H and O–H groups in total. The lowest BCUT2D eigenvalue weighted by Gasteiger charge is -2.17. The summed E-state index contributed by atoms with van der Waals surface area (Å²) < 4.78 is 18.1. The largest absolute Gasteiger partial charge is 0.496 e. The van der Waals surface area contributed by atoms with Gasteiger partial charge in [-0.05, 0) is 13.8 Å². The van der Waals surface area contributed by atoms with Gasteiger partial charge in [0, 0.05) is 44.0 Å². The van der Waals surface area contributed by atoms with Crippen LogP contribution in [0.5, 0.6) is 17.2 Å². The highest BCUT2D eigenvalue weighted by molar-refractivity contribution is 14.0. The van der Waals surface area contributed by atoms with Crippen molar-refractivity contribution < 1.29 is 14.2 Å². The fraction of sp³-hybridized carbons (Fsp3) is 0.474. The quantitative estimate of drug-likeness (QED) is 0.344. The van der Waals surface area contributed by atoms with Gasteiger partial charge in [-0.3, -0.25) is 9.67 Å². The first-order valence-corrected chi connectivity index (χ1v) is 8.67. The average molecular weight is 503 g/mol. The van der Waals surface area contributed by atoms with Gasteiger partial charge in [-0.1, -0.05) is 0 Å². The van der Waals surface area contributed by atoms with E-state index < -0.39 is 0 Å². The van der Waals surface area contributed by atoms with E-state index in [0.29, 0.717) is 36.3 Å². The fourth-order valence-electron chi connectivity index (χ4n) is 2.89. The van der Waals surface area contributed by atoms with E-state index in [1.54, 1.807) is 28.4 Å². The van der Waals surface area contributed by atoms with Crippen LogP contribution in [0.25, 0.3) is 0 Å². The van der Waals surface area contributed by atoms with Gasteiger partial charge >= 0.3 is 0 Å². The molecule has 0 aliphatic heterocycles. The molecule has 0 aliphatic rings. The summed E-state index contributed by atoms with van der Waals surface area (Å²) in [5.74, 6) is 2.73. The molecule has 28 heavy (non-hydrogen) atoms. The highest BCUT2D eigenvalue weighted by atomic mass is 127. The van der Waals surface area contributed by atoms with Crippen molar-refractivity contribution in [2.75, 3.05) is 28.4 Å². The number of guanidine groups is 1. The Morgan fingerprint density at radius 1 is 1.00 bits per heavy atom. The molecular formula is C19H30IN5O3. The molecule has 8 nitrogen and oxygen atoms in total. The number of hydrogen-bond donors (Lipinski definition) is 2. The number of nitrogens with zero attached hydrogens (tertiary/aromatic N) is 3. The van der Waals surface area contributed by atoms with E-state index in [0.717, 1.165) is 17.0 Å². The van der Waals surface area contributed by atoms with E-state index in [4.69, 9.17) is 14.2 Å². The molecule has 1 aromatic carbocycles. The predicted molar refractivity (Wildman–Crippen MR) is 121 cm³/mol. The summed E-state index contributed by atoms with van der Waals surface area (Å²) in [7, 11) is 8.54. The molecule has 0 amide bonds. The first kappa shape index (κ1) is 23.9. The third-order valence-electron chi connectivity index (χ3n) is 4.56. The molecule has 1 aromatic heterocycles. The predicted octanol–water partition coefficient (Wildman–Crippen LogP) is 2.55. The van der Waals surface area contributed by atoms with E-state index in [-0.39, 0.29) is 24.0 Å². The van der Waals surface area contributed by atoms with E-state index >= 15 is 0 Å². The van der Waals surface area contributed by atoms with Crippen molar-refractivity contribution in [2.45, 2.75) is 26.9 Å². The maximum absolute atomic E-state index is 5.49. The number of aromatic nitrogens is 2. The van der Waals surface area contributed by atoms with Gasteiger partial charge < -0.3 is 24.8 Å². The summed E-state index contributed by atoms with van der Waals surface area (Å²) in [6.07, 6.45) is 0. The SMILES string of the molecule is CN=C(NCc1c(OC)cc(OC)cc1OC)NCc1c(C)nn(C)c1C.I. The van der Waals surface area contributed by atoms with Gasteiger partial charge in [0.25, 0.3) is 0 Å². The first-order valence-electron chi connectivity index (χ1n) is 8.67. The van der Waals surface area contributed by atoms with Crippen LogP contribution in [0.15, 0.2) is 17.1 Å². The Labute approximate surface area is 183 Å². The maximum atomic E-state index is 5.49. The lowest BCUT2D eigenvalue weighted by Crippen LogP contribution is -2.36. The van der Waals surface area contributed by atoms with Crippen molar-refractivity contribution in [3.05, 3.63) is 34.6 Å². The summed E-state index contributed by atoms with van der Waals surface area (Å²) in [4.78, 5) is 4.29. The number of methoxy groups -OCH3 is 3. The van der Waals surface area contributed by atoms with Gasteiger partial charge in [0.15, 0.2) is 5.96 Å². The van der Waals surface area contributed by atoms with Crippen molar-refractivity contribution >= 4 is 29.9 Å². The zero-order valence-corrected chi connectivity index (χ0v) is 19.9. The molecule has 9 heteroatoms. The molecule has 0 atom stereocenters. The second kappa shape index (κ2) is 11.0. The number of aliphatic imine (C=N–C) groups is 1. The minimum absolute atomic E-state index is 0. The van der Waals surface area contributed by atoms with Crippen LogP contribution in [0.1, 0.15) is 22.5 Å². The van der Waals surface area contributed by atoms with Crippen LogP contribution >= 0.6 is 24.0 Å². The third kappa shape index (κ3) is 5.43.